The smallest absolute Gasteiger partial charge is 0.0924 e. The summed E-state index contributed by atoms with van der Waals surface area (Å²) in [6, 6.07) is -0.143. The normalized spacial score (nSPS) is 16.5. The lowest BCUT2D eigenvalue weighted by molar-refractivity contribution is 0.302. The molecule has 0 aliphatic carbocycles. The number of nitrogens with two attached hydrogens (primary N) is 3. The molecule has 0 aromatic carbocycles. The van der Waals surface area contributed by atoms with Crippen LogP contribution in [0.2, 0.25) is 0 Å². The molecule has 0 rings (SSSR count). The standard InChI is InChI=1S/C10H20N4S/c1-14(10(13)9(12)8-15)7-5-3-2-4-6-11/h2-7,9-10,15H,8,11-13H2,1H3/b3-2-,6-4-,7-5-. The van der Waals surface area contributed by atoms with E-state index < -0.39 is 0 Å². The molecule has 4 nitrogen and oxygen atoms in total. The van der Waals surface area contributed by atoms with Crippen molar-refractivity contribution in [2.75, 3.05) is 12.8 Å². The SMILES string of the molecule is CN(\C=C/C=C\C=C/N)C(N)C(N)CS. The topological polar surface area (TPSA) is 81.3 Å². The summed E-state index contributed by atoms with van der Waals surface area (Å²) < 4.78 is 0. The van der Waals surface area contributed by atoms with E-state index in [0.29, 0.717) is 5.75 Å². The third-order valence-corrected chi connectivity index (χ3v) is 2.31. The zero-order valence-electron chi connectivity index (χ0n) is 8.95. The summed E-state index contributed by atoms with van der Waals surface area (Å²) in [4.78, 5) is 1.84. The van der Waals surface area contributed by atoms with E-state index in [0.717, 1.165) is 0 Å². The number of rotatable bonds is 6. The lowest BCUT2D eigenvalue weighted by Gasteiger charge is -2.27. The minimum absolute atomic E-state index is 0.143. The molecule has 15 heavy (non-hydrogen) atoms. The van der Waals surface area contributed by atoms with Gasteiger partial charge in [0.05, 0.1) is 6.17 Å². The average molecular weight is 228 g/mol. The summed E-state index contributed by atoms with van der Waals surface area (Å²) in [6.07, 6.45) is 10.4. The average Bonchev–Trinajstić information content (AvgIpc) is 2.26. The molecule has 5 heteroatoms. The van der Waals surface area contributed by atoms with E-state index in [1.165, 1.54) is 6.20 Å². The van der Waals surface area contributed by atoms with Crippen molar-refractivity contribution in [3.63, 3.8) is 0 Å². The first-order valence-corrected chi connectivity index (χ1v) is 5.32. The van der Waals surface area contributed by atoms with Gasteiger partial charge >= 0.3 is 0 Å². The zero-order chi connectivity index (χ0) is 11.7. The molecule has 0 fully saturated rings. The van der Waals surface area contributed by atoms with Crippen LogP contribution in [0.3, 0.4) is 0 Å². The van der Waals surface area contributed by atoms with Crippen LogP contribution in [-0.2, 0) is 0 Å². The van der Waals surface area contributed by atoms with E-state index in [9.17, 15) is 0 Å². The van der Waals surface area contributed by atoms with Crippen LogP contribution in [0.1, 0.15) is 0 Å². The molecular formula is C10H20N4S. The van der Waals surface area contributed by atoms with Crippen LogP contribution in [0.4, 0.5) is 0 Å². The van der Waals surface area contributed by atoms with Gasteiger partial charge in [-0.05, 0) is 18.4 Å². The molecule has 86 valence electrons. The van der Waals surface area contributed by atoms with Gasteiger partial charge in [0.15, 0.2) is 0 Å². The summed E-state index contributed by atoms with van der Waals surface area (Å²) in [6.45, 7) is 0. The third kappa shape index (κ3) is 6.22. The highest BCUT2D eigenvalue weighted by Crippen LogP contribution is 1.97. The maximum absolute atomic E-state index is 5.85. The number of hydrogen-bond donors (Lipinski definition) is 4. The van der Waals surface area contributed by atoms with Crippen molar-refractivity contribution >= 4 is 12.6 Å². The van der Waals surface area contributed by atoms with Gasteiger partial charge in [0, 0.05) is 25.0 Å². The molecule has 0 bridgehead atoms. The second-order valence-corrected chi connectivity index (χ2v) is 3.48. The van der Waals surface area contributed by atoms with E-state index in [-0.39, 0.29) is 12.2 Å². The van der Waals surface area contributed by atoms with Crippen molar-refractivity contribution in [1.29, 1.82) is 0 Å². The van der Waals surface area contributed by atoms with Crippen LogP contribution in [0.25, 0.3) is 0 Å². The number of likely N-dealkylation sites (N-methyl/N-ethyl adjacent to an activating group) is 1. The predicted molar refractivity (Wildman–Crippen MR) is 69.2 cm³/mol. The fourth-order valence-electron chi connectivity index (χ4n) is 0.887. The summed E-state index contributed by atoms with van der Waals surface area (Å²) in [5.74, 6) is 0.561. The molecule has 0 heterocycles. The first-order chi connectivity index (χ1) is 7.13. The van der Waals surface area contributed by atoms with E-state index in [4.69, 9.17) is 17.2 Å². The Hall–Kier alpha value is -0.910. The van der Waals surface area contributed by atoms with Gasteiger partial charge < -0.3 is 22.1 Å². The predicted octanol–water partition coefficient (Wildman–Crippen LogP) is 0.00240. The maximum atomic E-state index is 5.85. The molecule has 0 spiro atoms. The molecule has 0 radical (unpaired) electrons. The fourth-order valence-corrected chi connectivity index (χ4v) is 1.10. The van der Waals surface area contributed by atoms with Gasteiger partial charge in [-0.2, -0.15) is 12.6 Å². The van der Waals surface area contributed by atoms with Crippen LogP contribution in [0.5, 0.6) is 0 Å². The van der Waals surface area contributed by atoms with Crippen LogP contribution in [0.15, 0.2) is 36.7 Å². The van der Waals surface area contributed by atoms with E-state index in [1.54, 1.807) is 6.08 Å². The Bertz CT molecular complexity index is 238. The number of nitrogens with zero attached hydrogens (tertiary/aromatic N) is 1. The van der Waals surface area contributed by atoms with Gasteiger partial charge in [0.25, 0.3) is 0 Å². The van der Waals surface area contributed by atoms with E-state index >= 15 is 0 Å². The van der Waals surface area contributed by atoms with Gasteiger partial charge in [-0.15, -0.1) is 0 Å². The monoisotopic (exact) mass is 228 g/mol. The van der Waals surface area contributed by atoms with Crippen molar-refractivity contribution in [3.05, 3.63) is 36.7 Å². The molecule has 0 aromatic rings. The van der Waals surface area contributed by atoms with E-state index in [2.05, 4.69) is 12.6 Å². The lowest BCUT2D eigenvalue weighted by atomic mass is 10.2. The molecule has 2 unspecified atom stereocenters. The third-order valence-electron chi connectivity index (χ3n) is 1.89. The highest BCUT2D eigenvalue weighted by Gasteiger charge is 2.13. The van der Waals surface area contributed by atoms with E-state index in [1.807, 2.05) is 36.4 Å². The minimum Gasteiger partial charge on any atom is -0.405 e. The Kier molecular flexibility index (Phi) is 7.89. The Morgan fingerprint density at radius 1 is 1.20 bits per heavy atom. The molecule has 0 aromatic heterocycles. The molecule has 2 atom stereocenters. The van der Waals surface area contributed by atoms with Crippen molar-refractivity contribution in [3.8, 4) is 0 Å². The summed E-state index contributed by atoms with van der Waals surface area (Å²) >= 11 is 4.09. The molecule has 0 amide bonds. The van der Waals surface area contributed by atoms with Gasteiger partial charge in [0.2, 0.25) is 0 Å². The van der Waals surface area contributed by atoms with Crippen LogP contribution in [-0.4, -0.2) is 29.9 Å². The number of hydrogen-bond acceptors (Lipinski definition) is 5. The highest BCUT2D eigenvalue weighted by molar-refractivity contribution is 7.80. The number of thiol groups is 1. The summed E-state index contributed by atoms with van der Waals surface area (Å²) in [5, 5.41) is 0. The molecule has 0 saturated heterocycles. The van der Waals surface area contributed by atoms with Crippen molar-refractivity contribution < 1.29 is 0 Å². The van der Waals surface area contributed by atoms with Crippen molar-refractivity contribution in [1.82, 2.24) is 4.90 Å². The zero-order valence-corrected chi connectivity index (χ0v) is 9.85. The Labute approximate surface area is 96.9 Å². The highest BCUT2D eigenvalue weighted by atomic mass is 32.1. The molecule has 0 saturated carbocycles. The van der Waals surface area contributed by atoms with Gasteiger partial charge in [-0.25, -0.2) is 0 Å². The van der Waals surface area contributed by atoms with Crippen LogP contribution < -0.4 is 17.2 Å². The first-order valence-electron chi connectivity index (χ1n) is 4.69. The fraction of sp³-hybridized carbons (Fsp3) is 0.400. The molecular weight excluding hydrogens is 208 g/mol. The largest absolute Gasteiger partial charge is 0.405 e. The van der Waals surface area contributed by atoms with Gasteiger partial charge in [-0.1, -0.05) is 12.2 Å². The van der Waals surface area contributed by atoms with Crippen LogP contribution >= 0.6 is 12.6 Å². The van der Waals surface area contributed by atoms with Crippen molar-refractivity contribution in [2.24, 2.45) is 17.2 Å². The molecule has 0 aliphatic heterocycles. The quantitative estimate of drug-likeness (QED) is 0.293. The Morgan fingerprint density at radius 2 is 1.80 bits per heavy atom. The molecule has 6 N–H and O–H groups in total. The lowest BCUT2D eigenvalue weighted by Crippen LogP contribution is -2.51. The van der Waals surface area contributed by atoms with Crippen molar-refractivity contribution in [2.45, 2.75) is 12.2 Å². The van der Waals surface area contributed by atoms with Gasteiger partial charge in [0.1, 0.15) is 0 Å². The molecule has 0 aliphatic rings. The first kappa shape index (κ1) is 14.1. The Morgan fingerprint density at radius 3 is 2.33 bits per heavy atom. The second kappa shape index (κ2) is 8.40. The maximum Gasteiger partial charge on any atom is 0.0924 e. The Balaban J connectivity index is 4.06. The second-order valence-electron chi connectivity index (χ2n) is 3.11. The van der Waals surface area contributed by atoms with Gasteiger partial charge in [-0.3, -0.25) is 0 Å². The number of allylic oxidation sites excluding steroid dienone is 4. The summed E-state index contributed by atoms with van der Waals surface area (Å²) in [7, 11) is 1.87. The summed E-state index contributed by atoms with van der Waals surface area (Å²) in [5.41, 5.74) is 16.8. The minimum atomic E-state index is -0.225. The van der Waals surface area contributed by atoms with Crippen LogP contribution in [0, 0.1) is 0 Å².